The molecule has 0 unspecified atom stereocenters. The Kier molecular flexibility index (Phi) is 5.94. The molecule has 0 atom stereocenters. The second kappa shape index (κ2) is 8.75. The summed E-state index contributed by atoms with van der Waals surface area (Å²) < 4.78 is 15.6. The number of carbonyl (C=O) groups excluding carboxylic acids is 2. The molecule has 140 valence electrons. The first-order valence-electron chi connectivity index (χ1n) is 8.43. The summed E-state index contributed by atoms with van der Waals surface area (Å²) in [5.41, 5.74) is 1.50. The fourth-order valence-electron chi connectivity index (χ4n) is 2.44. The molecular weight excluding hydrogens is 348 g/mol. The van der Waals surface area contributed by atoms with Crippen molar-refractivity contribution in [3.63, 3.8) is 0 Å². The van der Waals surface area contributed by atoms with Crippen molar-refractivity contribution in [2.24, 2.45) is 0 Å². The second-order valence-corrected chi connectivity index (χ2v) is 5.76. The van der Waals surface area contributed by atoms with Crippen LogP contribution in [0.4, 0.5) is 5.69 Å². The average molecular weight is 368 g/mol. The molecule has 1 heterocycles. The van der Waals surface area contributed by atoms with Gasteiger partial charge >= 0.3 is 0 Å². The molecule has 0 saturated carbocycles. The first kappa shape index (κ1) is 18.3. The lowest BCUT2D eigenvalue weighted by atomic mass is 10.2. The topological polar surface area (TPSA) is 85.9 Å². The largest absolute Gasteiger partial charge is 0.497 e. The van der Waals surface area contributed by atoms with Crippen molar-refractivity contribution >= 4 is 23.6 Å². The van der Waals surface area contributed by atoms with Gasteiger partial charge in [0, 0.05) is 30.8 Å². The van der Waals surface area contributed by atoms with Gasteiger partial charge in [0.25, 0.3) is 0 Å². The van der Waals surface area contributed by atoms with E-state index in [2.05, 4.69) is 10.6 Å². The molecule has 3 rings (SSSR count). The number of hydrogen-bond donors (Lipinski definition) is 2. The number of anilines is 1. The molecule has 2 N–H and O–H groups in total. The van der Waals surface area contributed by atoms with Crippen LogP contribution in [0.15, 0.2) is 48.5 Å². The highest BCUT2D eigenvalue weighted by atomic mass is 16.7. The SMILES string of the molecule is COc1ccc(/C=C/C(=O)NCCC(=O)Nc2ccc3c(c2)OCO3)cc1. The molecule has 7 heteroatoms. The Morgan fingerprint density at radius 2 is 1.89 bits per heavy atom. The predicted molar refractivity (Wildman–Crippen MR) is 101 cm³/mol. The Bertz CT molecular complexity index is 846. The van der Waals surface area contributed by atoms with Crippen molar-refractivity contribution in [1.82, 2.24) is 5.32 Å². The number of methoxy groups -OCH3 is 1. The van der Waals surface area contributed by atoms with Crippen molar-refractivity contribution < 1.29 is 23.8 Å². The Hall–Kier alpha value is -3.48. The summed E-state index contributed by atoms with van der Waals surface area (Å²) in [6.07, 6.45) is 3.29. The van der Waals surface area contributed by atoms with Crippen molar-refractivity contribution in [2.45, 2.75) is 6.42 Å². The molecule has 2 amide bonds. The maximum absolute atomic E-state index is 12.0. The maximum atomic E-state index is 12.0. The first-order chi connectivity index (χ1) is 13.1. The van der Waals surface area contributed by atoms with E-state index in [1.807, 2.05) is 24.3 Å². The van der Waals surface area contributed by atoms with Gasteiger partial charge in [0.05, 0.1) is 7.11 Å². The number of benzene rings is 2. The fourth-order valence-corrected chi connectivity index (χ4v) is 2.44. The molecule has 0 aromatic heterocycles. The highest BCUT2D eigenvalue weighted by molar-refractivity contribution is 5.93. The minimum Gasteiger partial charge on any atom is -0.497 e. The standard InChI is InChI=1S/C20H20N2O5/c1-25-16-6-2-14(3-7-16)4-9-19(23)21-11-10-20(24)22-15-5-8-17-18(12-15)27-13-26-17/h2-9,12H,10-11,13H2,1H3,(H,21,23)(H,22,24)/b9-4+. The zero-order valence-corrected chi connectivity index (χ0v) is 14.9. The lowest BCUT2D eigenvalue weighted by molar-refractivity contribution is -0.117. The normalized spacial score (nSPS) is 12.0. The highest BCUT2D eigenvalue weighted by Gasteiger charge is 2.14. The van der Waals surface area contributed by atoms with Crippen LogP contribution in [0.1, 0.15) is 12.0 Å². The van der Waals surface area contributed by atoms with E-state index in [0.717, 1.165) is 11.3 Å². The van der Waals surface area contributed by atoms with Gasteiger partial charge in [0.2, 0.25) is 18.6 Å². The molecule has 0 radical (unpaired) electrons. The van der Waals surface area contributed by atoms with Crippen molar-refractivity contribution in [2.75, 3.05) is 25.8 Å². The molecular formula is C20H20N2O5. The third-order valence-electron chi connectivity index (χ3n) is 3.85. The van der Waals surface area contributed by atoms with Gasteiger partial charge in [-0.25, -0.2) is 0 Å². The van der Waals surface area contributed by atoms with Gasteiger partial charge in [-0.05, 0) is 35.9 Å². The summed E-state index contributed by atoms with van der Waals surface area (Å²) >= 11 is 0. The van der Waals surface area contributed by atoms with Gasteiger partial charge in [0.15, 0.2) is 11.5 Å². The van der Waals surface area contributed by atoms with Crippen LogP contribution in [-0.4, -0.2) is 32.3 Å². The molecule has 2 aromatic carbocycles. The Balaban J connectivity index is 1.40. The second-order valence-electron chi connectivity index (χ2n) is 5.76. The van der Waals surface area contributed by atoms with Gasteiger partial charge < -0.3 is 24.8 Å². The Morgan fingerprint density at radius 3 is 2.67 bits per heavy atom. The molecule has 0 saturated heterocycles. The van der Waals surface area contributed by atoms with Crippen LogP contribution in [0.2, 0.25) is 0 Å². The Labute approximate surface area is 156 Å². The maximum Gasteiger partial charge on any atom is 0.244 e. The molecule has 1 aliphatic rings. The van der Waals surface area contributed by atoms with E-state index in [-0.39, 0.29) is 31.6 Å². The van der Waals surface area contributed by atoms with E-state index in [9.17, 15) is 9.59 Å². The molecule has 0 fully saturated rings. The van der Waals surface area contributed by atoms with Crippen LogP contribution >= 0.6 is 0 Å². The zero-order valence-electron chi connectivity index (χ0n) is 14.9. The predicted octanol–water partition coefficient (Wildman–Crippen LogP) is 2.58. The van der Waals surface area contributed by atoms with Crippen LogP contribution < -0.4 is 24.8 Å². The number of nitrogens with one attached hydrogen (secondary N) is 2. The number of carbonyl (C=O) groups is 2. The first-order valence-corrected chi connectivity index (χ1v) is 8.43. The number of ether oxygens (including phenoxy) is 3. The van der Waals surface area contributed by atoms with Crippen LogP contribution in [0.25, 0.3) is 6.08 Å². The molecule has 2 aromatic rings. The highest BCUT2D eigenvalue weighted by Crippen LogP contribution is 2.34. The van der Waals surface area contributed by atoms with E-state index in [1.165, 1.54) is 6.08 Å². The molecule has 0 bridgehead atoms. The summed E-state index contributed by atoms with van der Waals surface area (Å²) in [6.45, 7) is 0.422. The number of hydrogen-bond acceptors (Lipinski definition) is 5. The number of fused-ring (bicyclic) bond motifs is 1. The van der Waals surface area contributed by atoms with Gasteiger partial charge in [0.1, 0.15) is 5.75 Å². The Morgan fingerprint density at radius 1 is 1.11 bits per heavy atom. The van der Waals surface area contributed by atoms with E-state index < -0.39 is 0 Å². The summed E-state index contributed by atoms with van der Waals surface area (Å²) in [6, 6.07) is 12.5. The fraction of sp³-hybridized carbons (Fsp3) is 0.200. The summed E-state index contributed by atoms with van der Waals surface area (Å²) in [7, 11) is 1.60. The average Bonchev–Trinajstić information content (AvgIpc) is 3.14. The van der Waals surface area contributed by atoms with E-state index in [1.54, 1.807) is 31.4 Å². The summed E-state index contributed by atoms with van der Waals surface area (Å²) in [4.78, 5) is 23.8. The van der Waals surface area contributed by atoms with E-state index >= 15 is 0 Å². The van der Waals surface area contributed by atoms with Crippen molar-refractivity contribution in [3.05, 3.63) is 54.1 Å². The van der Waals surface area contributed by atoms with Gasteiger partial charge in [-0.3, -0.25) is 9.59 Å². The van der Waals surface area contributed by atoms with E-state index in [0.29, 0.717) is 17.2 Å². The van der Waals surface area contributed by atoms with Crippen LogP contribution in [0.3, 0.4) is 0 Å². The number of rotatable bonds is 7. The summed E-state index contributed by atoms with van der Waals surface area (Å²) in [5.74, 6) is 1.55. The van der Waals surface area contributed by atoms with Crippen molar-refractivity contribution in [3.8, 4) is 17.2 Å². The lowest BCUT2D eigenvalue weighted by Gasteiger charge is -2.06. The minimum atomic E-state index is -0.262. The smallest absolute Gasteiger partial charge is 0.244 e. The minimum absolute atomic E-state index is 0.163. The molecule has 0 spiro atoms. The van der Waals surface area contributed by atoms with Gasteiger partial charge in [-0.15, -0.1) is 0 Å². The third-order valence-corrected chi connectivity index (χ3v) is 3.85. The molecule has 27 heavy (non-hydrogen) atoms. The summed E-state index contributed by atoms with van der Waals surface area (Å²) in [5, 5.41) is 5.44. The van der Waals surface area contributed by atoms with E-state index in [4.69, 9.17) is 14.2 Å². The molecule has 7 nitrogen and oxygen atoms in total. The molecule has 0 aliphatic carbocycles. The van der Waals surface area contributed by atoms with Crippen molar-refractivity contribution in [1.29, 1.82) is 0 Å². The van der Waals surface area contributed by atoms with Gasteiger partial charge in [-0.1, -0.05) is 12.1 Å². The van der Waals surface area contributed by atoms with Crippen LogP contribution in [-0.2, 0) is 9.59 Å². The zero-order chi connectivity index (χ0) is 19.1. The molecule has 1 aliphatic heterocycles. The third kappa shape index (κ3) is 5.24. The monoisotopic (exact) mass is 368 g/mol. The van der Waals surface area contributed by atoms with Crippen LogP contribution in [0, 0.1) is 0 Å². The van der Waals surface area contributed by atoms with Crippen LogP contribution in [0.5, 0.6) is 17.2 Å². The lowest BCUT2D eigenvalue weighted by Crippen LogP contribution is -2.26. The quantitative estimate of drug-likeness (QED) is 0.734. The van der Waals surface area contributed by atoms with Gasteiger partial charge in [-0.2, -0.15) is 0 Å². The number of amides is 2.